The summed E-state index contributed by atoms with van der Waals surface area (Å²) in [6.07, 6.45) is 4.41. The monoisotopic (exact) mass is 538 g/mol. The fraction of sp³-hybridized carbons (Fsp3) is 0.345. The molecule has 10 heteroatoms. The van der Waals surface area contributed by atoms with Crippen LogP contribution in [0, 0.1) is 11.6 Å². The molecule has 1 amide bonds. The number of carbonyl (C=O) groups excluding carboxylic acids is 1. The standard InChI is InChI=1S/C29H31F2N7O/c1-19-18-36(15-14-35(19)2)22-8-5-20(6-9-22)29(39)33-25-17-32-38-13-11-27(34-28(25)38)37-12-3-4-26(37)23-16-21(30)7-10-24(23)31/h5-11,13,16-17,19,26H,3-4,12,14-15,18H2,1-2H3,(H,33,39)/i14D2,15D2,18D2,19D. The van der Waals surface area contributed by atoms with Crippen LogP contribution >= 0.6 is 0 Å². The summed E-state index contributed by atoms with van der Waals surface area (Å²) in [7, 11) is 1.17. The highest BCUT2D eigenvalue weighted by atomic mass is 19.1. The van der Waals surface area contributed by atoms with Crippen LogP contribution in [0.2, 0.25) is 0 Å². The normalized spacial score (nSPS) is 28.5. The number of nitrogens with one attached hydrogen (secondary N) is 1. The number of likely N-dealkylation sites (N-methyl/N-ethyl adjacent to an activating group) is 1. The predicted molar refractivity (Wildman–Crippen MR) is 147 cm³/mol. The van der Waals surface area contributed by atoms with Crippen LogP contribution in [-0.4, -0.2) is 64.5 Å². The summed E-state index contributed by atoms with van der Waals surface area (Å²) in [4.78, 5) is 21.2. The Morgan fingerprint density at radius 2 is 1.97 bits per heavy atom. The molecule has 2 aromatic carbocycles. The third-order valence-corrected chi connectivity index (χ3v) is 6.96. The van der Waals surface area contributed by atoms with Gasteiger partial charge in [-0.25, -0.2) is 18.3 Å². The zero-order chi connectivity index (χ0) is 33.4. The van der Waals surface area contributed by atoms with Crippen LogP contribution in [0.25, 0.3) is 5.65 Å². The largest absolute Gasteiger partial charge is 0.369 e. The van der Waals surface area contributed by atoms with Crippen LogP contribution in [-0.2, 0) is 0 Å². The number of rotatable bonds is 5. The molecule has 2 unspecified atom stereocenters. The molecule has 0 saturated carbocycles. The van der Waals surface area contributed by atoms with E-state index in [-0.39, 0.29) is 22.5 Å². The number of nitrogens with zero attached hydrogens (tertiary/aromatic N) is 6. The number of piperazine rings is 1. The average molecular weight is 539 g/mol. The molecule has 0 bridgehead atoms. The molecular formula is C29H31F2N7O. The van der Waals surface area contributed by atoms with Gasteiger partial charge in [0, 0.05) is 59.2 Å². The van der Waals surface area contributed by atoms with Crippen molar-refractivity contribution in [3.63, 3.8) is 0 Å². The predicted octanol–water partition coefficient (Wildman–Crippen LogP) is 4.74. The van der Waals surface area contributed by atoms with E-state index < -0.39 is 49.1 Å². The fourth-order valence-electron chi connectivity index (χ4n) is 4.80. The molecule has 2 saturated heterocycles. The summed E-state index contributed by atoms with van der Waals surface area (Å²) >= 11 is 0. The average Bonchev–Trinajstić information content (AvgIpc) is 3.64. The van der Waals surface area contributed by atoms with Crippen LogP contribution < -0.4 is 15.1 Å². The van der Waals surface area contributed by atoms with Gasteiger partial charge in [-0.05, 0) is 75.3 Å². The minimum Gasteiger partial charge on any atom is -0.369 e. The molecule has 8 nitrogen and oxygen atoms in total. The van der Waals surface area contributed by atoms with E-state index in [1.807, 2.05) is 4.90 Å². The van der Waals surface area contributed by atoms with Gasteiger partial charge in [-0.3, -0.25) is 4.79 Å². The van der Waals surface area contributed by atoms with Crippen molar-refractivity contribution in [1.29, 1.82) is 0 Å². The maximum absolute atomic E-state index is 14.6. The van der Waals surface area contributed by atoms with Gasteiger partial charge in [-0.15, -0.1) is 0 Å². The minimum absolute atomic E-state index is 0.0563. The number of hydrogen-bond donors (Lipinski definition) is 1. The van der Waals surface area contributed by atoms with Crippen molar-refractivity contribution < 1.29 is 23.2 Å². The minimum atomic E-state index is -2.88. The van der Waals surface area contributed by atoms with Crippen molar-refractivity contribution in [3.05, 3.63) is 83.7 Å². The summed E-state index contributed by atoms with van der Waals surface area (Å²) in [6.45, 7) is -6.55. The Labute approximate surface area is 235 Å². The van der Waals surface area contributed by atoms with Gasteiger partial charge in [0.15, 0.2) is 5.65 Å². The number of aromatic nitrogens is 3. The van der Waals surface area contributed by atoms with E-state index in [2.05, 4.69) is 15.4 Å². The molecule has 4 heterocycles. The number of fused-ring (bicyclic) bond motifs is 1. The number of carbonyl (C=O) groups is 1. The van der Waals surface area contributed by atoms with E-state index >= 15 is 0 Å². The smallest absolute Gasteiger partial charge is 0.255 e. The lowest BCUT2D eigenvalue weighted by Crippen LogP contribution is -2.50. The van der Waals surface area contributed by atoms with Crippen molar-refractivity contribution in [2.45, 2.75) is 31.8 Å². The highest BCUT2D eigenvalue weighted by Crippen LogP contribution is 2.37. The molecule has 6 rings (SSSR count). The van der Waals surface area contributed by atoms with E-state index in [0.29, 0.717) is 29.3 Å². The number of hydrogen-bond acceptors (Lipinski definition) is 6. The molecule has 4 aromatic rings. The van der Waals surface area contributed by atoms with Gasteiger partial charge < -0.3 is 20.0 Å². The molecule has 2 aliphatic heterocycles. The number of anilines is 3. The van der Waals surface area contributed by atoms with Crippen LogP contribution in [0.5, 0.6) is 0 Å². The van der Waals surface area contributed by atoms with Gasteiger partial charge >= 0.3 is 0 Å². The summed E-state index contributed by atoms with van der Waals surface area (Å²) in [5, 5.41) is 6.99. The van der Waals surface area contributed by atoms with Crippen molar-refractivity contribution in [2.75, 3.05) is 48.2 Å². The van der Waals surface area contributed by atoms with Gasteiger partial charge in [-0.2, -0.15) is 5.10 Å². The van der Waals surface area contributed by atoms with E-state index in [1.54, 1.807) is 12.3 Å². The second kappa shape index (κ2) is 10.3. The number of halogens is 2. The van der Waals surface area contributed by atoms with Gasteiger partial charge in [0.1, 0.15) is 23.1 Å². The number of amides is 1. The van der Waals surface area contributed by atoms with Gasteiger partial charge in [0.25, 0.3) is 5.91 Å². The van der Waals surface area contributed by atoms with Crippen molar-refractivity contribution in [1.82, 2.24) is 19.5 Å². The van der Waals surface area contributed by atoms with Crippen LogP contribution in [0.1, 0.15) is 51.3 Å². The quantitative estimate of drug-likeness (QED) is 0.396. The Kier molecular flexibility index (Phi) is 4.81. The Hall–Kier alpha value is -4.05. The maximum Gasteiger partial charge on any atom is 0.255 e. The lowest BCUT2D eigenvalue weighted by molar-refractivity contribution is 0.102. The molecular weight excluding hydrogens is 500 g/mol. The lowest BCUT2D eigenvalue weighted by atomic mass is 10.0. The molecule has 2 aliphatic rings. The zero-order valence-electron chi connectivity index (χ0n) is 28.3. The molecule has 1 N–H and O–H groups in total. The maximum atomic E-state index is 14.6. The molecule has 0 radical (unpaired) electrons. The molecule has 202 valence electrons. The van der Waals surface area contributed by atoms with Crippen molar-refractivity contribution in [3.8, 4) is 0 Å². The first-order valence-corrected chi connectivity index (χ1v) is 12.5. The molecule has 39 heavy (non-hydrogen) atoms. The summed E-state index contributed by atoms with van der Waals surface area (Å²) in [5.74, 6) is -1.11. The Bertz CT molecular complexity index is 1790. The second-order valence-electron chi connectivity index (χ2n) is 9.45. The van der Waals surface area contributed by atoms with E-state index in [0.717, 1.165) is 23.5 Å². The summed E-state index contributed by atoms with van der Waals surface area (Å²) < 4.78 is 89.6. The summed E-state index contributed by atoms with van der Waals surface area (Å²) in [5.41, 5.74) is 0.898. The van der Waals surface area contributed by atoms with E-state index in [1.165, 1.54) is 55.0 Å². The third-order valence-electron chi connectivity index (χ3n) is 6.96. The lowest BCUT2D eigenvalue weighted by Gasteiger charge is -2.39. The first kappa shape index (κ1) is 18.3. The van der Waals surface area contributed by atoms with Crippen LogP contribution in [0.15, 0.2) is 60.9 Å². The van der Waals surface area contributed by atoms with Crippen LogP contribution in [0.4, 0.5) is 26.0 Å². The van der Waals surface area contributed by atoms with Crippen molar-refractivity contribution >= 4 is 28.7 Å². The molecule has 2 fully saturated rings. The Morgan fingerprint density at radius 1 is 1.15 bits per heavy atom. The van der Waals surface area contributed by atoms with Crippen molar-refractivity contribution in [2.24, 2.45) is 0 Å². The molecule has 2 atom stereocenters. The van der Waals surface area contributed by atoms with E-state index in [4.69, 9.17) is 9.60 Å². The van der Waals surface area contributed by atoms with Crippen LogP contribution in [0.3, 0.4) is 0 Å². The topological polar surface area (TPSA) is 69.0 Å². The zero-order valence-corrected chi connectivity index (χ0v) is 21.3. The van der Waals surface area contributed by atoms with Gasteiger partial charge in [-0.1, -0.05) is 0 Å². The number of benzene rings is 2. The third kappa shape index (κ3) is 4.92. The highest BCUT2D eigenvalue weighted by molar-refractivity contribution is 6.06. The SMILES string of the molecule is [2H]C1([2H])N(c2ccc(C(=O)Nc3cnn4ccc(N5CCCC5c5cc(F)ccc5F)nc34)cc2)C([2H])([2H])C([2H])(C)N(C)C1([2H])[2H]. The van der Waals surface area contributed by atoms with E-state index in [9.17, 15) is 13.6 Å². The second-order valence-corrected chi connectivity index (χ2v) is 9.45. The Morgan fingerprint density at radius 3 is 2.79 bits per heavy atom. The summed E-state index contributed by atoms with van der Waals surface area (Å²) in [6, 6.07) is 7.78. The molecule has 2 aromatic heterocycles. The molecule has 0 spiro atoms. The van der Waals surface area contributed by atoms with Gasteiger partial charge in [0.05, 0.1) is 17.7 Å². The highest BCUT2D eigenvalue weighted by Gasteiger charge is 2.30. The first-order chi connectivity index (χ1) is 21.5. The van der Waals surface area contributed by atoms with Gasteiger partial charge in [0.2, 0.25) is 0 Å². The fourth-order valence-corrected chi connectivity index (χ4v) is 4.80. The Balaban J connectivity index is 1.26. The molecule has 0 aliphatic carbocycles. The first-order valence-electron chi connectivity index (χ1n) is 16.0.